The maximum atomic E-state index is 11.9. The van der Waals surface area contributed by atoms with Crippen LogP contribution in [0.1, 0.15) is 5.82 Å². The first-order chi connectivity index (χ1) is 7.25. The van der Waals surface area contributed by atoms with E-state index in [1.807, 2.05) is 0 Å². The number of fused-ring (bicyclic) bond motifs is 2. The van der Waals surface area contributed by atoms with Gasteiger partial charge in [-0.25, -0.2) is 4.98 Å². The minimum atomic E-state index is -0.185. The highest BCUT2D eigenvalue weighted by molar-refractivity contribution is 6.31. The lowest BCUT2D eigenvalue weighted by atomic mass is 10.2. The Labute approximate surface area is 90.0 Å². The van der Waals surface area contributed by atoms with Gasteiger partial charge < -0.3 is 4.84 Å². The van der Waals surface area contributed by atoms with E-state index in [1.165, 1.54) is 4.73 Å². The van der Waals surface area contributed by atoms with Crippen LogP contribution in [0.4, 0.5) is 0 Å². The van der Waals surface area contributed by atoms with Crippen molar-refractivity contribution in [3.05, 3.63) is 39.4 Å². The molecular formula is C10H7ClN2O2. The van der Waals surface area contributed by atoms with Crippen molar-refractivity contribution < 1.29 is 4.84 Å². The molecule has 5 heteroatoms. The molecule has 1 aromatic carbocycles. The van der Waals surface area contributed by atoms with E-state index in [0.29, 0.717) is 34.8 Å². The zero-order valence-corrected chi connectivity index (χ0v) is 8.49. The quantitative estimate of drug-likeness (QED) is 0.669. The predicted molar refractivity (Wildman–Crippen MR) is 56.2 cm³/mol. The van der Waals surface area contributed by atoms with Crippen LogP contribution in [0, 0.1) is 0 Å². The highest BCUT2D eigenvalue weighted by Crippen LogP contribution is 2.16. The fraction of sp³-hybridized carbons (Fsp3) is 0.200. The molecule has 0 spiro atoms. The molecule has 1 aliphatic heterocycles. The van der Waals surface area contributed by atoms with E-state index < -0.39 is 0 Å². The normalized spacial score (nSPS) is 13.9. The summed E-state index contributed by atoms with van der Waals surface area (Å²) in [6.45, 7) is 0.506. The third-order valence-corrected chi connectivity index (χ3v) is 2.64. The summed E-state index contributed by atoms with van der Waals surface area (Å²) >= 11 is 5.82. The van der Waals surface area contributed by atoms with Crippen molar-refractivity contribution in [3.8, 4) is 0 Å². The van der Waals surface area contributed by atoms with Crippen molar-refractivity contribution in [2.45, 2.75) is 6.42 Å². The van der Waals surface area contributed by atoms with Crippen LogP contribution < -0.4 is 10.4 Å². The van der Waals surface area contributed by atoms with E-state index in [1.54, 1.807) is 18.2 Å². The van der Waals surface area contributed by atoms with Crippen molar-refractivity contribution >= 4 is 22.5 Å². The molecule has 0 N–H and O–H groups in total. The summed E-state index contributed by atoms with van der Waals surface area (Å²) in [4.78, 5) is 21.4. The molecule has 0 aliphatic carbocycles. The smallest absolute Gasteiger partial charge is 0.294 e. The SMILES string of the molecule is O=c1c2cc(Cl)ccc2nc2n1OCC2. The predicted octanol–water partition coefficient (Wildman–Crippen LogP) is 1.03. The minimum Gasteiger partial charge on any atom is -0.409 e. The summed E-state index contributed by atoms with van der Waals surface area (Å²) in [6, 6.07) is 5.09. The monoisotopic (exact) mass is 222 g/mol. The molecule has 2 aromatic rings. The molecule has 0 fully saturated rings. The molecule has 1 aliphatic rings. The van der Waals surface area contributed by atoms with Crippen LogP contribution in [0.15, 0.2) is 23.0 Å². The van der Waals surface area contributed by atoms with Gasteiger partial charge in [0.15, 0.2) is 5.82 Å². The second-order valence-corrected chi connectivity index (χ2v) is 3.81. The number of halogens is 1. The van der Waals surface area contributed by atoms with Crippen LogP contribution in [0.2, 0.25) is 5.02 Å². The molecule has 0 saturated heterocycles. The van der Waals surface area contributed by atoms with Crippen LogP contribution in [0.3, 0.4) is 0 Å². The van der Waals surface area contributed by atoms with Gasteiger partial charge in [-0.3, -0.25) is 4.79 Å². The molecular weight excluding hydrogens is 216 g/mol. The van der Waals surface area contributed by atoms with Crippen molar-refractivity contribution in [1.29, 1.82) is 0 Å². The largest absolute Gasteiger partial charge is 0.409 e. The van der Waals surface area contributed by atoms with Crippen LogP contribution in [0.5, 0.6) is 0 Å². The molecule has 0 saturated carbocycles. The lowest BCUT2D eigenvalue weighted by molar-refractivity contribution is 0.141. The fourth-order valence-electron chi connectivity index (χ4n) is 1.71. The summed E-state index contributed by atoms with van der Waals surface area (Å²) in [6.07, 6.45) is 0.674. The highest BCUT2D eigenvalue weighted by Gasteiger charge is 2.17. The first-order valence-corrected chi connectivity index (χ1v) is 4.98. The second-order valence-electron chi connectivity index (χ2n) is 3.37. The Bertz CT molecular complexity index is 606. The lowest BCUT2D eigenvalue weighted by Crippen LogP contribution is -2.25. The number of hydrogen-bond donors (Lipinski definition) is 0. The molecule has 1 aromatic heterocycles. The molecule has 2 heterocycles. The average molecular weight is 223 g/mol. The Morgan fingerprint density at radius 2 is 2.33 bits per heavy atom. The zero-order chi connectivity index (χ0) is 10.4. The fourth-order valence-corrected chi connectivity index (χ4v) is 1.88. The third kappa shape index (κ3) is 1.22. The first-order valence-electron chi connectivity index (χ1n) is 4.60. The van der Waals surface area contributed by atoms with Gasteiger partial charge in [-0.1, -0.05) is 11.6 Å². The number of nitrogens with zero attached hydrogens (tertiary/aromatic N) is 2. The summed E-state index contributed by atoms with van der Waals surface area (Å²) in [5.41, 5.74) is 0.483. The third-order valence-electron chi connectivity index (χ3n) is 2.40. The number of hydrogen-bond acceptors (Lipinski definition) is 3. The van der Waals surface area contributed by atoms with E-state index in [-0.39, 0.29) is 5.56 Å². The van der Waals surface area contributed by atoms with Crippen LogP contribution in [-0.2, 0) is 6.42 Å². The van der Waals surface area contributed by atoms with Gasteiger partial charge in [-0.2, -0.15) is 0 Å². The molecule has 76 valence electrons. The molecule has 0 bridgehead atoms. The van der Waals surface area contributed by atoms with E-state index in [4.69, 9.17) is 16.4 Å². The van der Waals surface area contributed by atoms with Gasteiger partial charge in [0.25, 0.3) is 5.56 Å². The Hall–Kier alpha value is -1.55. The highest BCUT2D eigenvalue weighted by atomic mass is 35.5. The summed E-state index contributed by atoms with van der Waals surface area (Å²) in [5, 5.41) is 1.02. The van der Waals surface area contributed by atoms with Gasteiger partial charge in [0.05, 0.1) is 10.9 Å². The molecule has 0 atom stereocenters. The Kier molecular flexibility index (Phi) is 1.73. The van der Waals surface area contributed by atoms with Crippen molar-refractivity contribution in [2.24, 2.45) is 0 Å². The number of benzene rings is 1. The van der Waals surface area contributed by atoms with Crippen LogP contribution >= 0.6 is 11.6 Å². The summed E-state index contributed by atoms with van der Waals surface area (Å²) in [7, 11) is 0. The Balaban J connectivity index is 2.47. The van der Waals surface area contributed by atoms with E-state index in [2.05, 4.69) is 4.98 Å². The zero-order valence-electron chi connectivity index (χ0n) is 7.74. The molecule has 0 radical (unpaired) electrons. The molecule has 15 heavy (non-hydrogen) atoms. The van der Waals surface area contributed by atoms with Gasteiger partial charge in [0.1, 0.15) is 6.61 Å². The maximum Gasteiger partial charge on any atom is 0.294 e. The summed E-state index contributed by atoms with van der Waals surface area (Å²) < 4.78 is 1.25. The van der Waals surface area contributed by atoms with Gasteiger partial charge in [0.2, 0.25) is 0 Å². The standard InChI is InChI=1S/C10H7ClN2O2/c11-6-1-2-8-7(5-6)10(14)13-9(12-8)3-4-15-13/h1-2,5H,3-4H2. The number of aromatic nitrogens is 2. The van der Waals surface area contributed by atoms with Crippen LogP contribution in [-0.4, -0.2) is 16.3 Å². The van der Waals surface area contributed by atoms with E-state index in [9.17, 15) is 4.79 Å². The van der Waals surface area contributed by atoms with E-state index in [0.717, 1.165) is 0 Å². The van der Waals surface area contributed by atoms with Gasteiger partial charge in [-0.05, 0) is 18.2 Å². The minimum absolute atomic E-state index is 0.185. The Morgan fingerprint density at radius 3 is 3.20 bits per heavy atom. The number of rotatable bonds is 0. The van der Waals surface area contributed by atoms with Gasteiger partial charge in [0, 0.05) is 11.4 Å². The first kappa shape index (κ1) is 8.73. The van der Waals surface area contributed by atoms with Crippen molar-refractivity contribution in [2.75, 3.05) is 6.61 Å². The second kappa shape index (κ2) is 2.97. The van der Waals surface area contributed by atoms with Gasteiger partial charge in [-0.15, -0.1) is 4.73 Å². The maximum absolute atomic E-state index is 11.9. The topological polar surface area (TPSA) is 44.1 Å². The molecule has 0 unspecified atom stereocenters. The average Bonchev–Trinajstić information content (AvgIpc) is 2.68. The van der Waals surface area contributed by atoms with Crippen LogP contribution in [0.25, 0.3) is 10.9 Å². The Morgan fingerprint density at radius 1 is 1.47 bits per heavy atom. The molecule has 0 amide bonds. The molecule has 3 rings (SSSR count). The van der Waals surface area contributed by atoms with Gasteiger partial charge >= 0.3 is 0 Å². The van der Waals surface area contributed by atoms with Crippen molar-refractivity contribution in [1.82, 2.24) is 9.71 Å². The van der Waals surface area contributed by atoms with E-state index >= 15 is 0 Å². The summed E-state index contributed by atoms with van der Waals surface area (Å²) in [5.74, 6) is 0.676. The lowest BCUT2D eigenvalue weighted by Gasteiger charge is -2.03. The molecule has 4 nitrogen and oxygen atoms in total. The van der Waals surface area contributed by atoms with Crippen molar-refractivity contribution in [3.63, 3.8) is 0 Å².